The molecule has 0 spiro atoms. The van der Waals surface area contributed by atoms with E-state index in [1.54, 1.807) is 18.2 Å². The number of imide groups is 1. The minimum absolute atomic E-state index is 0.0126. The van der Waals surface area contributed by atoms with Gasteiger partial charge in [-0.15, -0.1) is 0 Å². The lowest BCUT2D eigenvalue weighted by molar-refractivity contribution is -0.138. The van der Waals surface area contributed by atoms with Crippen LogP contribution in [0.25, 0.3) is 0 Å². The van der Waals surface area contributed by atoms with Crippen molar-refractivity contribution in [2.45, 2.75) is 32.1 Å². The molecule has 0 unspecified atom stereocenters. The maximum Gasteiger partial charge on any atom is 0.253 e. The second-order valence-corrected chi connectivity index (χ2v) is 7.58. The molecule has 0 radical (unpaired) electrons. The monoisotopic (exact) mass is 396 g/mol. The summed E-state index contributed by atoms with van der Waals surface area (Å²) in [5.41, 5.74) is 1.60. The number of nitrogens with one attached hydrogen (secondary N) is 1. The molecule has 0 saturated heterocycles. The third kappa shape index (κ3) is 5.04. The van der Waals surface area contributed by atoms with Crippen LogP contribution in [0.1, 0.15) is 52.0 Å². The van der Waals surface area contributed by atoms with Gasteiger partial charge in [0.25, 0.3) is 11.8 Å². The molecule has 0 bridgehead atoms. The Morgan fingerprint density at radius 2 is 1.66 bits per heavy atom. The Kier molecular flexibility index (Phi) is 6.69. The van der Waals surface area contributed by atoms with Gasteiger partial charge in [0.1, 0.15) is 0 Å². The summed E-state index contributed by atoms with van der Waals surface area (Å²) < 4.78 is 0. The maximum absolute atomic E-state index is 12.4. The maximum atomic E-state index is 12.4. The van der Waals surface area contributed by atoms with Crippen molar-refractivity contribution in [1.29, 1.82) is 0 Å². The average molecular weight is 396 g/mol. The van der Waals surface area contributed by atoms with Gasteiger partial charge in [0.2, 0.25) is 5.91 Å². The van der Waals surface area contributed by atoms with Crippen molar-refractivity contribution < 1.29 is 24.0 Å². The lowest BCUT2D eigenvalue weighted by atomic mass is 9.81. The van der Waals surface area contributed by atoms with Crippen molar-refractivity contribution in [2.75, 3.05) is 13.1 Å². The van der Waals surface area contributed by atoms with Gasteiger partial charge in [0.05, 0.1) is 0 Å². The predicted molar refractivity (Wildman–Crippen MR) is 105 cm³/mol. The Labute approximate surface area is 169 Å². The highest BCUT2D eigenvalue weighted by Gasteiger charge is 2.31. The highest BCUT2D eigenvalue weighted by Crippen LogP contribution is 2.30. The standard InChI is InChI=1S/C22H24N2O5/c25-13-18-6-1-15(11-19(18)14-26)9-10-23-22(29)17-4-2-16(3-5-17)12-24-20(27)7-8-21(24)28/h1,6-8,11,13-14,16-17H,2-5,9-10,12H2,(H,23,29)/t16-,17-. The SMILES string of the molecule is O=Cc1ccc(CCNC(=O)[C@H]2CC[C@H](CN3C(=O)C=CC3=O)CC2)cc1C=O. The Morgan fingerprint density at radius 3 is 2.28 bits per heavy atom. The van der Waals surface area contributed by atoms with Crippen molar-refractivity contribution >= 4 is 30.3 Å². The van der Waals surface area contributed by atoms with E-state index >= 15 is 0 Å². The molecule has 29 heavy (non-hydrogen) atoms. The van der Waals surface area contributed by atoms with Crippen molar-refractivity contribution in [3.8, 4) is 0 Å². The third-order valence-corrected chi connectivity index (χ3v) is 5.68. The van der Waals surface area contributed by atoms with Crippen LogP contribution in [0.4, 0.5) is 0 Å². The van der Waals surface area contributed by atoms with E-state index in [0.717, 1.165) is 31.2 Å². The van der Waals surface area contributed by atoms with Crippen LogP contribution < -0.4 is 5.32 Å². The summed E-state index contributed by atoms with van der Waals surface area (Å²) in [6.45, 7) is 0.884. The topological polar surface area (TPSA) is 101 Å². The number of benzene rings is 1. The second kappa shape index (κ2) is 9.41. The number of hydrogen-bond donors (Lipinski definition) is 1. The molecule has 7 nitrogen and oxygen atoms in total. The van der Waals surface area contributed by atoms with Crippen molar-refractivity contribution in [3.05, 3.63) is 47.0 Å². The van der Waals surface area contributed by atoms with Gasteiger partial charge in [0, 0.05) is 42.3 Å². The van der Waals surface area contributed by atoms with E-state index in [0.29, 0.717) is 43.2 Å². The van der Waals surface area contributed by atoms with Gasteiger partial charge in [-0.3, -0.25) is 28.9 Å². The number of carbonyl (C=O) groups excluding carboxylic acids is 5. The zero-order valence-corrected chi connectivity index (χ0v) is 16.1. The highest BCUT2D eigenvalue weighted by atomic mass is 16.2. The van der Waals surface area contributed by atoms with Gasteiger partial charge in [-0.2, -0.15) is 0 Å². The summed E-state index contributed by atoms with van der Waals surface area (Å²) in [6, 6.07) is 5.06. The van der Waals surface area contributed by atoms with Gasteiger partial charge >= 0.3 is 0 Å². The van der Waals surface area contributed by atoms with Crippen molar-refractivity contribution in [3.63, 3.8) is 0 Å². The Bertz CT molecular complexity index is 835. The van der Waals surface area contributed by atoms with E-state index in [2.05, 4.69) is 5.32 Å². The Hall–Kier alpha value is -3.09. The summed E-state index contributed by atoms with van der Waals surface area (Å²) in [5, 5.41) is 2.94. The molecule has 0 atom stereocenters. The fraction of sp³-hybridized carbons (Fsp3) is 0.409. The molecule has 3 amide bonds. The van der Waals surface area contributed by atoms with Crippen LogP contribution in [-0.2, 0) is 20.8 Å². The van der Waals surface area contributed by atoms with Crippen molar-refractivity contribution in [2.24, 2.45) is 11.8 Å². The van der Waals surface area contributed by atoms with Crippen LogP contribution in [0, 0.1) is 11.8 Å². The van der Waals surface area contributed by atoms with Crippen LogP contribution in [0.5, 0.6) is 0 Å². The lowest BCUT2D eigenvalue weighted by Crippen LogP contribution is -2.38. The van der Waals surface area contributed by atoms with Crippen LogP contribution in [-0.4, -0.2) is 48.3 Å². The number of nitrogens with zero attached hydrogens (tertiary/aromatic N) is 1. The quantitative estimate of drug-likeness (QED) is 0.532. The van der Waals surface area contributed by atoms with Gasteiger partial charge < -0.3 is 5.32 Å². The molecular weight excluding hydrogens is 372 g/mol. The van der Waals surface area contributed by atoms with Gasteiger partial charge in [-0.1, -0.05) is 12.1 Å². The Balaban J connectivity index is 1.41. The normalized spacial score (nSPS) is 21.3. The van der Waals surface area contributed by atoms with Gasteiger partial charge in [-0.25, -0.2) is 0 Å². The smallest absolute Gasteiger partial charge is 0.253 e. The third-order valence-electron chi connectivity index (χ3n) is 5.68. The van der Waals surface area contributed by atoms with E-state index in [1.165, 1.54) is 17.1 Å². The summed E-state index contributed by atoms with van der Waals surface area (Å²) in [4.78, 5) is 58.9. The molecule has 7 heteroatoms. The number of aldehydes is 2. The predicted octanol–water partition coefficient (Wildman–Crippen LogP) is 1.70. The Morgan fingerprint density at radius 1 is 1.00 bits per heavy atom. The summed E-state index contributed by atoms with van der Waals surface area (Å²) in [6.07, 6.45) is 7.58. The number of rotatable bonds is 8. The van der Waals surface area contributed by atoms with E-state index in [4.69, 9.17) is 0 Å². The second-order valence-electron chi connectivity index (χ2n) is 7.58. The summed E-state index contributed by atoms with van der Waals surface area (Å²) in [5.74, 6) is -0.316. The fourth-order valence-electron chi connectivity index (χ4n) is 3.94. The molecule has 1 heterocycles. The summed E-state index contributed by atoms with van der Waals surface area (Å²) >= 11 is 0. The molecule has 1 aliphatic heterocycles. The zero-order chi connectivity index (χ0) is 20.8. The van der Waals surface area contributed by atoms with E-state index in [-0.39, 0.29) is 29.6 Å². The van der Waals surface area contributed by atoms with Crippen LogP contribution in [0.2, 0.25) is 0 Å². The van der Waals surface area contributed by atoms with Crippen molar-refractivity contribution in [1.82, 2.24) is 10.2 Å². The number of carbonyl (C=O) groups is 5. The molecule has 1 aromatic carbocycles. The highest BCUT2D eigenvalue weighted by molar-refractivity contribution is 6.12. The largest absolute Gasteiger partial charge is 0.356 e. The molecule has 1 fully saturated rings. The molecule has 1 N–H and O–H groups in total. The average Bonchev–Trinajstić information content (AvgIpc) is 3.06. The molecule has 0 aromatic heterocycles. The fourth-order valence-corrected chi connectivity index (χ4v) is 3.94. The molecular formula is C22H24N2O5. The molecule has 152 valence electrons. The van der Waals surface area contributed by atoms with Gasteiger partial charge in [0.15, 0.2) is 12.6 Å². The first-order chi connectivity index (χ1) is 14.0. The first kappa shape index (κ1) is 20.6. The molecule has 1 saturated carbocycles. The van der Waals surface area contributed by atoms with Crippen LogP contribution >= 0.6 is 0 Å². The van der Waals surface area contributed by atoms with Crippen LogP contribution in [0.3, 0.4) is 0 Å². The molecule has 1 aromatic rings. The van der Waals surface area contributed by atoms with Crippen LogP contribution in [0.15, 0.2) is 30.4 Å². The summed E-state index contributed by atoms with van der Waals surface area (Å²) in [7, 11) is 0. The van der Waals surface area contributed by atoms with E-state index in [9.17, 15) is 24.0 Å². The molecule has 3 rings (SSSR count). The van der Waals surface area contributed by atoms with Gasteiger partial charge in [-0.05, 0) is 49.7 Å². The first-order valence-corrected chi connectivity index (χ1v) is 9.86. The molecule has 2 aliphatic rings. The molecule has 1 aliphatic carbocycles. The number of hydrogen-bond acceptors (Lipinski definition) is 5. The minimum Gasteiger partial charge on any atom is -0.356 e. The van der Waals surface area contributed by atoms with E-state index < -0.39 is 0 Å². The minimum atomic E-state index is -0.256. The zero-order valence-electron chi connectivity index (χ0n) is 16.1. The lowest BCUT2D eigenvalue weighted by Gasteiger charge is -2.30. The number of amides is 3. The first-order valence-electron chi connectivity index (χ1n) is 9.86. The van der Waals surface area contributed by atoms with E-state index in [1.807, 2.05) is 0 Å².